The molecule has 3 aromatic rings. The molecule has 0 radical (unpaired) electrons. The second kappa shape index (κ2) is 5.42. The van der Waals surface area contributed by atoms with E-state index in [1.54, 1.807) is 0 Å². The molecule has 0 bridgehead atoms. The van der Waals surface area contributed by atoms with Gasteiger partial charge in [0, 0.05) is 47.2 Å². The molecule has 2 N–H and O–H groups in total. The van der Waals surface area contributed by atoms with Crippen LogP contribution in [-0.4, -0.2) is 19.6 Å². The van der Waals surface area contributed by atoms with Gasteiger partial charge in [-0.25, -0.2) is 9.50 Å². The molecule has 3 aromatic heterocycles. The van der Waals surface area contributed by atoms with Gasteiger partial charge in [-0.3, -0.25) is 4.79 Å². The van der Waals surface area contributed by atoms with Gasteiger partial charge in [0.2, 0.25) is 0 Å². The highest BCUT2D eigenvalue weighted by Gasteiger charge is 2.13. The van der Waals surface area contributed by atoms with Gasteiger partial charge in [0.05, 0.1) is 5.69 Å². The predicted octanol–water partition coefficient (Wildman–Crippen LogP) is 1.95. The summed E-state index contributed by atoms with van der Waals surface area (Å²) in [6.45, 7) is 6.70. The summed E-state index contributed by atoms with van der Waals surface area (Å²) in [5.41, 5.74) is 4.90. The molecule has 0 saturated carbocycles. The monoisotopic (exact) mass is 303 g/mol. The smallest absolute Gasteiger partial charge is 0.304 e. The van der Waals surface area contributed by atoms with Crippen molar-refractivity contribution in [3.8, 4) is 0 Å². The molecule has 3 heterocycles. The first-order chi connectivity index (χ1) is 10.0. The number of aryl methyl sites for hydroxylation is 2. The molecule has 1 atom stereocenters. The van der Waals surface area contributed by atoms with Gasteiger partial charge in [-0.15, -0.1) is 0 Å². The predicted molar refractivity (Wildman–Crippen MR) is 82.7 cm³/mol. The van der Waals surface area contributed by atoms with Crippen molar-refractivity contribution in [3.63, 3.8) is 0 Å². The fraction of sp³-hybridized carbons (Fsp3) is 0.357. The number of hydrogen-bond donors (Lipinski definition) is 2. The summed E-state index contributed by atoms with van der Waals surface area (Å²) >= 11 is 1.18. The minimum atomic E-state index is -0.0225. The van der Waals surface area contributed by atoms with E-state index in [9.17, 15) is 4.79 Å². The van der Waals surface area contributed by atoms with Crippen LogP contribution in [0.4, 0.5) is 0 Å². The molecule has 0 aliphatic rings. The summed E-state index contributed by atoms with van der Waals surface area (Å²) in [7, 11) is 0. The first-order valence-electron chi connectivity index (χ1n) is 6.76. The van der Waals surface area contributed by atoms with Crippen LogP contribution in [0.25, 0.3) is 5.65 Å². The summed E-state index contributed by atoms with van der Waals surface area (Å²) < 4.78 is 1.87. The van der Waals surface area contributed by atoms with Crippen LogP contribution in [0.2, 0.25) is 0 Å². The summed E-state index contributed by atoms with van der Waals surface area (Å²) in [6, 6.07) is 2.08. The second-order valence-corrected chi connectivity index (χ2v) is 5.97. The van der Waals surface area contributed by atoms with Crippen molar-refractivity contribution in [3.05, 3.63) is 50.0 Å². The topological polar surface area (TPSA) is 75.1 Å². The maximum Gasteiger partial charge on any atom is 0.304 e. The first-order valence-corrected chi connectivity index (χ1v) is 7.64. The average Bonchev–Trinajstić information content (AvgIpc) is 3.02. The fourth-order valence-electron chi connectivity index (χ4n) is 2.37. The van der Waals surface area contributed by atoms with Crippen LogP contribution < -0.4 is 10.2 Å². The van der Waals surface area contributed by atoms with Gasteiger partial charge < -0.3 is 10.3 Å². The third-order valence-corrected chi connectivity index (χ3v) is 4.24. The van der Waals surface area contributed by atoms with E-state index in [0.717, 1.165) is 28.3 Å². The number of thiazole rings is 1. The van der Waals surface area contributed by atoms with E-state index in [1.165, 1.54) is 11.3 Å². The third kappa shape index (κ3) is 2.74. The van der Waals surface area contributed by atoms with Crippen molar-refractivity contribution < 1.29 is 0 Å². The Kier molecular flexibility index (Phi) is 3.60. The van der Waals surface area contributed by atoms with Crippen LogP contribution in [0, 0.1) is 13.8 Å². The van der Waals surface area contributed by atoms with Crippen LogP contribution in [0.5, 0.6) is 0 Å². The Morgan fingerprint density at radius 2 is 2.29 bits per heavy atom. The Labute approximate surface area is 125 Å². The lowest BCUT2D eigenvalue weighted by Crippen LogP contribution is -2.20. The van der Waals surface area contributed by atoms with Gasteiger partial charge in [0.25, 0.3) is 0 Å². The van der Waals surface area contributed by atoms with E-state index >= 15 is 0 Å². The Balaban J connectivity index is 1.82. The molecule has 21 heavy (non-hydrogen) atoms. The van der Waals surface area contributed by atoms with Crippen molar-refractivity contribution >= 4 is 17.0 Å². The maximum atomic E-state index is 11.1. The number of H-pyrrole nitrogens is 1. The molecule has 3 rings (SSSR count). The highest BCUT2D eigenvalue weighted by atomic mass is 32.1. The van der Waals surface area contributed by atoms with E-state index in [1.807, 2.05) is 36.0 Å². The lowest BCUT2D eigenvalue weighted by molar-refractivity contribution is 0.559. The van der Waals surface area contributed by atoms with Gasteiger partial charge in [0.1, 0.15) is 0 Å². The molecule has 0 aliphatic carbocycles. The van der Waals surface area contributed by atoms with E-state index in [-0.39, 0.29) is 10.9 Å². The molecular formula is C14H17N5OS. The molecule has 6 nitrogen and oxygen atoms in total. The van der Waals surface area contributed by atoms with Gasteiger partial charge in [0.15, 0.2) is 5.65 Å². The molecule has 0 aliphatic heterocycles. The number of aromatic amines is 1. The zero-order chi connectivity index (χ0) is 15.0. The van der Waals surface area contributed by atoms with Gasteiger partial charge in [-0.2, -0.15) is 5.10 Å². The third-order valence-electron chi connectivity index (χ3n) is 3.52. The second-order valence-electron chi connectivity index (χ2n) is 5.13. The van der Waals surface area contributed by atoms with E-state index in [0.29, 0.717) is 6.54 Å². The van der Waals surface area contributed by atoms with Crippen LogP contribution in [0.3, 0.4) is 0 Å². The molecule has 0 aromatic carbocycles. The average molecular weight is 303 g/mol. The van der Waals surface area contributed by atoms with Crippen molar-refractivity contribution in [1.82, 2.24) is 24.9 Å². The lowest BCUT2D eigenvalue weighted by Gasteiger charge is -2.16. The Morgan fingerprint density at radius 1 is 1.48 bits per heavy atom. The SMILES string of the molecule is Cc1cc2ncc(C(C)NCc3csc(=O)[nH]3)c(C)n2n1. The van der Waals surface area contributed by atoms with Crippen LogP contribution in [0.1, 0.15) is 35.6 Å². The Morgan fingerprint density at radius 3 is 3.00 bits per heavy atom. The summed E-state index contributed by atoms with van der Waals surface area (Å²) in [5.74, 6) is 0. The van der Waals surface area contributed by atoms with Crippen LogP contribution in [0.15, 0.2) is 22.4 Å². The van der Waals surface area contributed by atoms with Crippen LogP contribution in [-0.2, 0) is 6.54 Å². The summed E-state index contributed by atoms with van der Waals surface area (Å²) in [6.07, 6.45) is 1.89. The van der Waals surface area contributed by atoms with E-state index < -0.39 is 0 Å². The van der Waals surface area contributed by atoms with Crippen molar-refractivity contribution in [2.75, 3.05) is 0 Å². The Bertz CT molecular complexity index is 831. The zero-order valence-corrected chi connectivity index (χ0v) is 13.0. The Hall–Kier alpha value is -1.99. The van der Waals surface area contributed by atoms with Crippen molar-refractivity contribution in [2.24, 2.45) is 0 Å². The zero-order valence-electron chi connectivity index (χ0n) is 12.2. The maximum absolute atomic E-state index is 11.1. The number of nitrogens with one attached hydrogen (secondary N) is 2. The van der Waals surface area contributed by atoms with Gasteiger partial charge in [-0.05, 0) is 20.8 Å². The largest absolute Gasteiger partial charge is 0.315 e. The van der Waals surface area contributed by atoms with E-state index in [4.69, 9.17) is 0 Å². The molecule has 0 fully saturated rings. The molecule has 7 heteroatoms. The standard InChI is InChI=1S/C14H17N5OS/c1-8-4-13-16-6-12(10(3)19(13)18-8)9(2)15-5-11-7-21-14(20)17-11/h4,6-7,9,15H,5H2,1-3H3,(H,17,20). The molecule has 0 spiro atoms. The summed E-state index contributed by atoms with van der Waals surface area (Å²) in [5, 5.41) is 9.69. The minimum Gasteiger partial charge on any atom is -0.315 e. The van der Waals surface area contributed by atoms with Crippen molar-refractivity contribution in [2.45, 2.75) is 33.4 Å². The number of aromatic nitrogens is 4. The molecule has 1 unspecified atom stereocenters. The highest BCUT2D eigenvalue weighted by Crippen LogP contribution is 2.18. The number of nitrogens with zero attached hydrogens (tertiary/aromatic N) is 3. The van der Waals surface area contributed by atoms with Gasteiger partial charge in [-0.1, -0.05) is 11.3 Å². The molecule has 110 valence electrons. The molecule has 0 amide bonds. The van der Waals surface area contributed by atoms with Crippen molar-refractivity contribution in [1.29, 1.82) is 0 Å². The van der Waals surface area contributed by atoms with E-state index in [2.05, 4.69) is 27.3 Å². The number of rotatable bonds is 4. The first kappa shape index (κ1) is 14.0. The number of hydrogen-bond acceptors (Lipinski definition) is 5. The minimum absolute atomic E-state index is 0.0225. The lowest BCUT2D eigenvalue weighted by atomic mass is 10.1. The molecule has 0 saturated heterocycles. The number of fused-ring (bicyclic) bond motifs is 1. The highest BCUT2D eigenvalue weighted by molar-refractivity contribution is 7.07. The fourth-order valence-corrected chi connectivity index (χ4v) is 2.96. The quantitative estimate of drug-likeness (QED) is 0.772. The van der Waals surface area contributed by atoms with Gasteiger partial charge >= 0.3 is 4.87 Å². The normalized spacial score (nSPS) is 12.9. The van der Waals surface area contributed by atoms with Crippen LogP contribution >= 0.6 is 11.3 Å². The summed E-state index contributed by atoms with van der Waals surface area (Å²) in [4.78, 5) is 18.3. The molecular weight excluding hydrogens is 286 g/mol.